The maximum Gasteiger partial charge on any atom is 0.264 e. The van der Waals surface area contributed by atoms with Crippen LogP contribution in [0, 0.1) is 0 Å². The van der Waals surface area contributed by atoms with Gasteiger partial charge in [0.15, 0.2) is 0 Å². The quantitative estimate of drug-likeness (QED) is 0.838. The Hall–Kier alpha value is -2.87. The molecular weight excluding hydrogens is 354 g/mol. The molecule has 7 nitrogen and oxygen atoms in total. The monoisotopic (exact) mass is 373 g/mol. The van der Waals surface area contributed by atoms with E-state index in [0.717, 1.165) is 6.42 Å². The summed E-state index contributed by atoms with van der Waals surface area (Å²) in [5.41, 5.74) is 5.91. The van der Waals surface area contributed by atoms with Crippen molar-refractivity contribution in [3.63, 3.8) is 0 Å². The van der Waals surface area contributed by atoms with Crippen LogP contribution in [0.2, 0.25) is 0 Å². The van der Waals surface area contributed by atoms with Gasteiger partial charge in [-0.25, -0.2) is 0 Å². The zero-order valence-electron chi connectivity index (χ0n) is 14.2. The van der Waals surface area contributed by atoms with E-state index < -0.39 is 11.9 Å². The number of nitrogens with zero attached hydrogens (tertiary/aromatic N) is 1. The van der Waals surface area contributed by atoms with Gasteiger partial charge in [0, 0.05) is 12.1 Å². The van der Waals surface area contributed by atoms with Gasteiger partial charge in [-0.1, -0.05) is 6.07 Å². The highest BCUT2D eigenvalue weighted by molar-refractivity contribution is 7.12. The Morgan fingerprint density at radius 1 is 1.31 bits per heavy atom. The van der Waals surface area contributed by atoms with Crippen molar-refractivity contribution in [2.24, 2.45) is 5.73 Å². The Morgan fingerprint density at radius 3 is 2.77 bits per heavy atom. The van der Waals surface area contributed by atoms with Gasteiger partial charge < -0.3 is 20.7 Å². The van der Waals surface area contributed by atoms with Crippen LogP contribution in [0.4, 0.5) is 5.69 Å². The van der Waals surface area contributed by atoms with Gasteiger partial charge in [-0.05, 0) is 42.5 Å². The zero-order chi connectivity index (χ0) is 18.7. The third kappa shape index (κ3) is 3.55. The molecule has 0 aliphatic carbocycles. The molecule has 26 heavy (non-hydrogen) atoms. The average Bonchev–Trinajstić information content (AvgIpc) is 3.32. The van der Waals surface area contributed by atoms with Gasteiger partial charge in [-0.2, -0.15) is 0 Å². The SMILES string of the molecule is COc1ccc(C(N)=O)cc1NC(=O)[C@@H]1CCCN1C(=O)c1cccs1. The van der Waals surface area contributed by atoms with Gasteiger partial charge in [0.1, 0.15) is 11.8 Å². The summed E-state index contributed by atoms with van der Waals surface area (Å²) in [5.74, 6) is -0.640. The van der Waals surface area contributed by atoms with Crippen molar-refractivity contribution in [3.05, 3.63) is 46.2 Å². The van der Waals surface area contributed by atoms with Crippen LogP contribution in [0.5, 0.6) is 5.75 Å². The van der Waals surface area contributed by atoms with Crippen molar-refractivity contribution < 1.29 is 19.1 Å². The number of hydrogen-bond acceptors (Lipinski definition) is 5. The summed E-state index contributed by atoms with van der Waals surface area (Å²) in [4.78, 5) is 39.0. The van der Waals surface area contributed by atoms with Gasteiger partial charge in [-0.15, -0.1) is 11.3 Å². The lowest BCUT2D eigenvalue weighted by molar-refractivity contribution is -0.119. The summed E-state index contributed by atoms with van der Waals surface area (Å²) in [7, 11) is 1.47. The fourth-order valence-corrected chi connectivity index (χ4v) is 3.68. The van der Waals surface area contributed by atoms with Crippen LogP contribution in [0.15, 0.2) is 35.7 Å². The summed E-state index contributed by atoms with van der Waals surface area (Å²) in [6, 6.07) is 7.56. The minimum Gasteiger partial charge on any atom is -0.495 e. The molecule has 1 saturated heterocycles. The van der Waals surface area contributed by atoms with Crippen LogP contribution in [0.3, 0.4) is 0 Å². The fourth-order valence-electron chi connectivity index (χ4n) is 3.00. The number of carbonyl (C=O) groups excluding carboxylic acids is 3. The summed E-state index contributed by atoms with van der Waals surface area (Å²) in [6.07, 6.45) is 1.34. The number of anilines is 1. The van der Waals surface area contributed by atoms with Crippen molar-refractivity contribution in [3.8, 4) is 5.75 Å². The maximum atomic E-state index is 12.8. The molecule has 8 heteroatoms. The molecule has 2 heterocycles. The minimum absolute atomic E-state index is 0.143. The number of likely N-dealkylation sites (tertiary alicyclic amines) is 1. The minimum atomic E-state index is -0.599. The summed E-state index contributed by atoms with van der Waals surface area (Å²) in [6.45, 7) is 0.535. The van der Waals surface area contributed by atoms with E-state index >= 15 is 0 Å². The smallest absolute Gasteiger partial charge is 0.264 e. The molecule has 3 rings (SSSR count). The molecule has 1 aliphatic rings. The third-order valence-electron chi connectivity index (χ3n) is 4.29. The van der Waals surface area contributed by atoms with E-state index in [1.165, 1.54) is 30.6 Å². The van der Waals surface area contributed by atoms with Crippen LogP contribution in [0.1, 0.15) is 32.9 Å². The predicted molar refractivity (Wildman–Crippen MR) is 98.5 cm³/mol. The number of nitrogens with two attached hydrogens (primary N) is 1. The standard InChI is InChI=1S/C18H19N3O4S/c1-25-14-7-6-11(16(19)22)10-12(14)20-17(23)13-4-2-8-21(13)18(24)15-5-3-9-26-15/h3,5-7,9-10,13H,2,4,8H2,1H3,(H2,19,22)(H,20,23)/t13-/m0/s1. The first-order valence-electron chi connectivity index (χ1n) is 8.14. The largest absolute Gasteiger partial charge is 0.495 e. The van der Waals surface area contributed by atoms with E-state index in [1.807, 2.05) is 11.4 Å². The summed E-state index contributed by atoms with van der Waals surface area (Å²) < 4.78 is 5.23. The Balaban J connectivity index is 1.80. The number of carbonyl (C=O) groups is 3. The molecule has 0 spiro atoms. The Labute approximate surface area is 154 Å². The highest BCUT2D eigenvalue weighted by Gasteiger charge is 2.35. The molecule has 136 valence electrons. The van der Waals surface area contributed by atoms with Crippen molar-refractivity contribution in [2.75, 3.05) is 19.0 Å². The molecule has 0 saturated carbocycles. The number of nitrogens with one attached hydrogen (secondary N) is 1. The summed E-state index contributed by atoms with van der Waals surface area (Å²) >= 11 is 1.35. The second-order valence-corrected chi connectivity index (χ2v) is 6.85. The molecule has 3 N–H and O–H groups in total. The Kier molecular flexibility index (Phi) is 5.22. The zero-order valence-corrected chi connectivity index (χ0v) is 15.0. The van der Waals surface area contributed by atoms with Crippen molar-refractivity contribution >= 4 is 34.7 Å². The molecule has 1 fully saturated rings. The molecule has 1 aromatic heterocycles. The van der Waals surface area contributed by atoms with Crippen molar-refractivity contribution in [1.82, 2.24) is 4.90 Å². The molecule has 0 bridgehead atoms. The normalized spacial score (nSPS) is 16.3. The molecule has 1 aromatic carbocycles. The lowest BCUT2D eigenvalue weighted by Gasteiger charge is -2.24. The molecule has 1 aliphatic heterocycles. The lowest BCUT2D eigenvalue weighted by atomic mass is 10.1. The first kappa shape index (κ1) is 17.9. The van der Waals surface area contributed by atoms with Crippen LogP contribution in [-0.4, -0.2) is 42.3 Å². The Morgan fingerprint density at radius 2 is 2.12 bits per heavy atom. The van der Waals surface area contributed by atoms with Gasteiger partial charge in [0.05, 0.1) is 17.7 Å². The highest BCUT2D eigenvalue weighted by atomic mass is 32.1. The number of hydrogen-bond donors (Lipinski definition) is 2. The van der Waals surface area contributed by atoms with Crippen LogP contribution >= 0.6 is 11.3 Å². The van der Waals surface area contributed by atoms with E-state index in [-0.39, 0.29) is 17.4 Å². The van der Waals surface area contributed by atoms with Crippen LogP contribution in [-0.2, 0) is 4.79 Å². The molecule has 1 atom stereocenters. The van der Waals surface area contributed by atoms with E-state index in [2.05, 4.69) is 5.32 Å². The van der Waals surface area contributed by atoms with Crippen molar-refractivity contribution in [2.45, 2.75) is 18.9 Å². The maximum absolute atomic E-state index is 12.8. The Bertz CT molecular complexity index is 835. The number of amides is 3. The van der Waals surface area contributed by atoms with E-state index in [4.69, 9.17) is 10.5 Å². The number of ether oxygens (including phenoxy) is 1. The highest BCUT2D eigenvalue weighted by Crippen LogP contribution is 2.28. The first-order valence-corrected chi connectivity index (χ1v) is 9.02. The number of rotatable bonds is 5. The van der Waals surface area contributed by atoms with E-state index in [9.17, 15) is 14.4 Å². The predicted octanol–water partition coefficient (Wildman–Crippen LogP) is 2.10. The van der Waals surface area contributed by atoms with E-state index in [1.54, 1.807) is 17.0 Å². The van der Waals surface area contributed by atoms with Crippen LogP contribution in [0.25, 0.3) is 0 Å². The molecule has 0 unspecified atom stereocenters. The molecule has 0 radical (unpaired) electrons. The second kappa shape index (κ2) is 7.57. The van der Waals surface area contributed by atoms with Gasteiger partial charge in [0.25, 0.3) is 5.91 Å². The number of methoxy groups -OCH3 is 1. The topological polar surface area (TPSA) is 102 Å². The molecule has 2 aromatic rings. The third-order valence-corrected chi connectivity index (χ3v) is 5.15. The fraction of sp³-hybridized carbons (Fsp3) is 0.278. The molecule has 3 amide bonds. The van der Waals surface area contributed by atoms with Gasteiger partial charge in [-0.3, -0.25) is 14.4 Å². The summed E-state index contributed by atoms with van der Waals surface area (Å²) in [5, 5.41) is 4.60. The number of primary amides is 1. The number of thiophene rings is 1. The lowest BCUT2D eigenvalue weighted by Crippen LogP contribution is -2.43. The van der Waals surface area contributed by atoms with Crippen LogP contribution < -0.4 is 15.8 Å². The second-order valence-electron chi connectivity index (χ2n) is 5.90. The first-order chi connectivity index (χ1) is 12.5. The van der Waals surface area contributed by atoms with E-state index in [0.29, 0.717) is 29.3 Å². The van der Waals surface area contributed by atoms with Gasteiger partial charge >= 0.3 is 0 Å². The van der Waals surface area contributed by atoms with Gasteiger partial charge in [0.2, 0.25) is 11.8 Å². The molecular formula is C18H19N3O4S. The average molecular weight is 373 g/mol. The van der Waals surface area contributed by atoms with Crippen molar-refractivity contribution in [1.29, 1.82) is 0 Å². The number of benzene rings is 1.